The third kappa shape index (κ3) is 3.60. The molecule has 1 rings (SSSR count). The van der Waals surface area contributed by atoms with E-state index < -0.39 is 11.8 Å². The van der Waals surface area contributed by atoms with Crippen molar-refractivity contribution in [1.82, 2.24) is 0 Å². The second-order valence-corrected chi connectivity index (χ2v) is 3.64. The lowest BCUT2D eigenvalue weighted by atomic mass is 10.1. The van der Waals surface area contributed by atoms with Crippen LogP contribution in [-0.4, -0.2) is 19.7 Å². The number of methoxy groups -OCH3 is 1. The number of rotatable bonds is 5. The normalized spacial score (nSPS) is 10.1. The van der Waals surface area contributed by atoms with E-state index in [1.807, 2.05) is 0 Å². The molecule has 5 heteroatoms. The molecule has 0 atom stereocenters. The highest BCUT2D eigenvalue weighted by molar-refractivity contribution is 6.17. The van der Waals surface area contributed by atoms with Crippen LogP contribution in [0, 0.1) is 5.82 Å². The highest BCUT2D eigenvalue weighted by atomic mass is 35.5. The van der Waals surface area contributed by atoms with Crippen LogP contribution in [0.2, 0.25) is 0 Å². The zero-order valence-corrected chi connectivity index (χ0v) is 10.5. The first-order valence-electron chi connectivity index (χ1n) is 5.19. The first-order chi connectivity index (χ1) is 8.12. The van der Waals surface area contributed by atoms with E-state index in [0.29, 0.717) is 11.3 Å². The predicted molar refractivity (Wildman–Crippen MR) is 62.8 cm³/mol. The number of halogens is 2. The molecule has 0 aliphatic carbocycles. The summed E-state index contributed by atoms with van der Waals surface area (Å²) >= 11 is 5.65. The summed E-state index contributed by atoms with van der Waals surface area (Å²) in [7, 11) is 1.47. The van der Waals surface area contributed by atoms with Crippen LogP contribution in [0.5, 0.6) is 5.75 Å². The topological polar surface area (TPSA) is 35.5 Å². The predicted octanol–water partition coefficient (Wildman–Crippen LogP) is 2.68. The molecule has 94 valence electrons. The summed E-state index contributed by atoms with van der Waals surface area (Å²) in [6.07, 6.45) is -0.113. The Balaban J connectivity index is 2.96. The number of benzene rings is 1. The molecule has 0 aromatic heterocycles. The molecule has 0 N–H and O–H groups in total. The summed E-state index contributed by atoms with van der Waals surface area (Å²) in [5.74, 6) is -0.318. The molecule has 0 heterocycles. The molecule has 1 aromatic carbocycles. The molecule has 17 heavy (non-hydrogen) atoms. The Labute approximate surface area is 104 Å². The molecule has 0 radical (unpaired) electrons. The second-order valence-electron chi connectivity index (χ2n) is 3.37. The standard InChI is InChI=1S/C12H14ClFO3/c1-3-17-12(15)6-8-5-11(16-2)9(7-13)4-10(8)14/h4-5H,3,6-7H2,1-2H3. The molecule has 0 amide bonds. The maximum Gasteiger partial charge on any atom is 0.310 e. The van der Waals surface area contributed by atoms with Gasteiger partial charge in [0.15, 0.2) is 0 Å². The first kappa shape index (κ1) is 13.8. The lowest BCUT2D eigenvalue weighted by Gasteiger charge is -2.10. The van der Waals surface area contributed by atoms with Crippen molar-refractivity contribution in [2.24, 2.45) is 0 Å². The molecule has 0 saturated carbocycles. The second kappa shape index (κ2) is 6.45. The van der Waals surface area contributed by atoms with E-state index in [-0.39, 0.29) is 24.5 Å². The fraction of sp³-hybridized carbons (Fsp3) is 0.417. The van der Waals surface area contributed by atoms with Gasteiger partial charge in [0.25, 0.3) is 0 Å². The molecule has 0 aliphatic rings. The number of ether oxygens (including phenoxy) is 2. The molecular formula is C12H14ClFO3. The molecule has 0 bridgehead atoms. The third-order valence-electron chi connectivity index (χ3n) is 2.23. The fourth-order valence-electron chi connectivity index (χ4n) is 1.43. The van der Waals surface area contributed by atoms with Crippen LogP contribution in [0.1, 0.15) is 18.1 Å². The van der Waals surface area contributed by atoms with Crippen LogP contribution >= 0.6 is 11.6 Å². The van der Waals surface area contributed by atoms with Crippen LogP contribution in [-0.2, 0) is 21.8 Å². The Morgan fingerprint density at radius 2 is 2.12 bits per heavy atom. The zero-order valence-electron chi connectivity index (χ0n) is 9.76. The van der Waals surface area contributed by atoms with Crippen LogP contribution in [0.25, 0.3) is 0 Å². The Morgan fingerprint density at radius 3 is 2.65 bits per heavy atom. The molecule has 0 unspecified atom stereocenters. The highest BCUT2D eigenvalue weighted by Crippen LogP contribution is 2.25. The van der Waals surface area contributed by atoms with Crippen molar-refractivity contribution >= 4 is 17.6 Å². The molecule has 0 saturated heterocycles. The van der Waals surface area contributed by atoms with Gasteiger partial charge in [-0.3, -0.25) is 4.79 Å². The molecular weight excluding hydrogens is 247 g/mol. The average molecular weight is 261 g/mol. The van der Waals surface area contributed by atoms with Crippen molar-refractivity contribution in [3.05, 3.63) is 29.1 Å². The SMILES string of the molecule is CCOC(=O)Cc1cc(OC)c(CCl)cc1F. The number of carbonyl (C=O) groups is 1. The fourth-order valence-corrected chi connectivity index (χ4v) is 1.64. The summed E-state index contributed by atoms with van der Waals surface area (Å²) in [5, 5.41) is 0. The van der Waals surface area contributed by atoms with Gasteiger partial charge in [0.1, 0.15) is 11.6 Å². The van der Waals surface area contributed by atoms with E-state index in [1.165, 1.54) is 19.2 Å². The number of hydrogen-bond acceptors (Lipinski definition) is 3. The van der Waals surface area contributed by atoms with Gasteiger partial charge in [-0.1, -0.05) is 0 Å². The highest BCUT2D eigenvalue weighted by Gasteiger charge is 2.13. The summed E-state index contributed by atoms with van der Waals surface area (Å²) in [5.41, 5.74) is 0.799. The van der Waals surface area contributed by atoms with E-state index in [9.17, 15) is 9.18 Å². The molecule has 3 nitrogen and oxygen atoms in total. The van der Waals surface area contributed by atoms with Gasteiger partial charge in [-0.05, 0) is 19.1 Å². The van der Waals surface area contributed by atoms with Crippen molar-refractivity contribution in [3.8, 4) is 5.75 Å². The Hall–Kier alpha value is -1.29. The Morgan fingerprint density at radius 1 is 1.41 bits per heavy atom. The monoisotopic (exact) mass is 260 g/mol. The van der Waals surface area contributed by atoms with Crippen molar-refractivity contribution in [2.75, 3.05) is 13.7 Å². The number of esters is 1. The van der Waals surface area contributed by atoms with Crippen molar-refractivity contribution < 1.29 is 18.7 Å². The Bertz CT molecular complexity index is 407. The van der Waals surface area contributed by atoms with Gasteiger partial charge in [-0.25, -0.2) is 4.39 Å². The average Bonchev–Trinajstić information content (AvgIpc) is 2.31. The van der Waals surface area contributed by atoms with Crippen molar-refractivity contribution in [2.45, 2.75) is 19.2 Å². The summed E-state index contributed by atoms with van der Waals surface area (Å²) in [6, 6.07) is 2.75. The van der Waals surface area contributed by atoms with Gasteiger partial charge < -0.3 is 9.47 Å². The van der Waals surface area contributed by atoms with E-state index in [1.54, 1.807) is 6.92 Å². The van der Waals surface area contributed by atoms with E-state index >= 15 is 0 Å². The van der Waals surface area contributed by atoms with Crippen LogP contribution in [0.15, 0.2) is 12.1 Å². The zero-order chi connectivity index (χ0) is 12.8. The Kier molecular flexibility index (Phi) is 5.22. The molecule has 0 aliphatic heterocycles. The van der Waals surface area contributed by atoms with Gasteiger partial charge >= 0.3 is 5.97 Å². The minimum absolute atomic E-state index is 0.113. The lowest BCUT2D eigenvalue weighted by molar-refractivity contribution is -0.142. The summed E-state index contributed by atoms with van der Waals surface area (Å²) in [6.45, 7) is 1.97. The quantitative estimate of drug-likeness (QED) is 0.603. The van der Waals surface area contributed by atoms with E-state index in [2.05, 4.69) is 0 Å². The number of alkyl halides is 1. The van der Waals surface area contributed by atoms with Gasteiger partial charge in [-0.15, -0.1) is 11.6 Å². The molecule has 0 spiro atoms. The van der Waals surface area contributed by atoms with Crippen LogP contribution in [0.3, 0.4) is 0 Å². The molecule has 1 aromatic rings. The van der Waals surface area contributed by atoms with Crippen LogP contribution < -0.4 is 4.74 Å². The minimum atomic E-state index is -0.477. The minimum Gasteiger partial charge on any atom is -0.496 e. The van der Waals surface area contributed by atoms with Gasteiger partial charge in [-0.2, -0.15) is 0 Å². The lowest BCUT2D eigenvalue weighted by Crippen LogP contribution is -2.09. The van der Waals surface area contributed by atoms with Gasteiger partial charge in [0.05, 0.1) is 26.0 Å². The molecule has 0 fully saturated rings. The maximum atomic E-state index is 13.6. The summed E-state index contributed by atoms with van der Waals surface area (Å²) in [4.78, 5) is 11.3. The first-order valence-corrected chi connectivity index (χ1v) is 5.72. The van der Waals surface area contributed by atoms with Crippen LogP contribution in [0.4, 0.5) is 4.39 Å². The maximum absolute atomic E-state index is 13.6. The third-order valence-corrected chi connectivity index (χ3v) is 2.52. The smallest absolute Gasteiger partial charge is 0.310 e. The van der Waals surface area contributed by atoms with Gasteiger partial charge in [0, 0.05) is 11.1 Å². The van der Waals surface area contributed by atoms with Gasteiger partial charge in [0.2, 0.25) is 0 Å². The van der Waals surface area contributed by atoms with E-state index in [0.717, 1.165) is 0 Å². The summed E-state index contributed by atoms with van der Waals surface area (Å²) < 4.78 is 23.5. The largest absolute Gasteiger partial charge is 0.496 e. The number of hydrogen-bond donors (Lipinski definition) is 0. The van der Waals surface area contributed by atoms with Crippen molar-refractivity contribution in [3.63, 3.8) is 0 Å². The number of carbonyl (C=O) groups excluding carboxylic acids is 1. The van der Waals surface area contributed by atoms with E-state index in [4.69, 9.17) is 21.1 Å². The van der Waals surface area contributed by atoms with Crippen molar-refractivity contribution in [1.29, 1.82) is 0 Å².